The first-order valence-electron chi connectivity index (χ1n) is 6.03. The van der Waals surface area contributed by atoms with E-state index in [1.54, 1.807) is 30.3 Å². The fourth-order valence-corrected chi connectivity index (χ4v) is 2.08. The van der Waals surface area contributed by atoms with Crippen LogP contribution in [0.15, 0.2) is 48.5 Å². The number of benzene rings is 2. The number of hydrogen-bond donors (Lipinski definition) is 1. The van der Waals surface area contributed by atoms with Gasteiger partial charge in [-0.2, -0.15) is 13.2 Å². The molecule has 20 heavy (non-hydrogen) atoms. The molecule has 0 bridgehead atoms. The van der Waals surface area contributed by atoms with Crippen molar-refractivity contribution in [1.82, 2.24) is 0 Å². The molecule has 2 aromatic carbocycles. The van der Waals surface area contributed by atoms with Gasteiger partial charge in [-0.15, -0.1) is 0 Å². The Bertz CT molecular complexity index is 578. The topological polar surface area (TPSA) is 26.0 Å². The van der Waals surface area contributed by atoms with Crippen LogP contribution in [0.5, 0.6) is 0 Å². The maximum absolute atomic E-state index is 12.6. The van der Waals surface area contributed by atoms with E-state index in [0.717, 1.165) is 17.7 Å². The lowest BCUT2D eigenvalue weighted by molar-refractivity contribution is -0.137. The zero-order valence-electron chi connectivity index (χ0n) is 10.5. The summed E-state index contributed by atoms with van der Waals surface area (Å²) in [5.41, 5.74) is 6.75. The Morgan fingerprint density at radius 1 is 1.05 bits per heavy atom. The SMILES string of the molecule is NC(Cc1cccc(C(F)(F)F)c1)c1ccc(Cl)cc1. The monoisotopic (exact) mass is 299 g/mol. The van der Waals surface area contributed by atoms with Crippen LogP contribution in [0.1, 0.15) is 22.7 Å². The van der Waals surface area contributed by atoms with E-state index in [2.05, 4.69) is 0 Å². The molecule has 0 spiro atoms. The molecule has 0 amide bonds. The van der Waals surface area contributed by atoms with Gasteiger partial charge in [0.2, 0.25) is 0 Å². The minimum absolute atomic E-state index is 0.339. The average molecular weight is 300 g/mol. The first-order chi connectivity index (χ1) is 9.36. The lowest BCUT2D eigenvalue weighted by Crippen LogP contribution is -2.14. The zero-order valence-corrected chi connectivity index (χ0v) is 11.2. The molecule has 1 nitrogen and oxygen atoms in total. The molecule has 5 heteroatoms. The average Bonchev–Trinajstić information content (AvgIpc) is 2.38. The summed E-state index contributed by atoms with van der Waals surface area (Å²) in [6.45, 7) is 0. The fourth-order valence-electron chi connectivity index (χ4n) is 1.96. The third-order valence-corrected chi connectivity index (χ3v) is 3.26. The van der Waals surface area contributed by atoms with Crippen molar-refractivity contribution >= 4 is 11.6 Å². The maximum Gasteiger partial charge on any atom is 0.416 e. The van der Waals surface area contributed by atoms with E-state index in [-0.39, 0.29) is 6.04 Å². The van der Waals surface area contributed by atoms with Gasteiger partial charge >= 0.3 is 6.18 Å². The molecular weight excluding hydrogens is 287 g/mol. The van der Waals surface area contributed by atoms with E-state index < -0.39 is 11.7 Å². The summed E-state index contributed by atoms with van der Waals surface area (Å²) in [4.78, 5) is 0. The van der Waals surface area contributed by atoms with Gasteiger partial charge in [-0.25, -0.2) is 0 Å². The molecule has 2 aromatic rings. The van der Waals surface area contributed by atoms with Crippen LogP contribution < -0.4 is 5.73 Å². The summed E-state index contributed by atoms with van der Waals surface area (Å²) >= 11 is 5.78. The van der Waals surface area contributed by atoms with Crippen molar-refractivity contribution in [2.75, 3.05) is 0 Å². The van der Waals surface area contributed by atoms with Crippen molar-refractivity contribution in [3.63, 3.8) is 0 Å². The molecule has 1 unspecified atom stereocenters. The second kappa shape index (κ2) is 5.85. The normalized spacial score (nSPS) is 13.2. The van der Waals surface area contributed by atoms with Crippen LogP contribution in [-0.4, -0.2) is 0 Å². The van der Waals surface area contributed by atoms with E-state index >= 15 is 0 Å². The van der Waals surface area contributed by atoms with Crippen LogP contribution in [0.2, 0.25) is 5.02 Å². The minimum Gasteiger partial charge on any atom is -0.324 e. The van der Waals surface area contributed by atoms with Crippen LogP contribution in [-0.2, 0) is 12.6 Å². The van der Waals surface area contributed by atoms with Gasteiger partial charge < -0.3 is 5.73 Å². The third kappa shape index (κ3) is 3.74. The molecule has 0 aromatic heterocycles. The summed E-state index contributed by atoms with van der Waals surface area (Å²) in [6.07, 6.45) is -3.99. The molecule has 0 aliphatic rings. The van der Waals surface area contributed by atoms with Gasteiger partial charge in [0.25, 0.3) is 0 Å². The Labute approximate surface area is 120 Å². The third-order valence-electron chi connectivity index (χ3n) is 3.01. The summed E-state index contributed by atoms with van der Waals surface area (Å²) < 4.78 is 37.9. The Morgan fingerprint density at radius 2 is 1.70 bits per heavy atom. The molecule has 0 fully saturated rings. The van der Waals surface area contributed by atoms with Crippen molar-refractivity contribution in [3.05, 3.63) is 70.2 Å². The van der Waals surface area contributed by atoms with Crippen molar-refractivity contribution in [3.8, 4) is 0 Å². The fraction of sp³-hybridized carbons (Fsp3) is 0.200. The van der Waals surface area contributed by atoms with E-state index in [1.807, 2.05) is 0 Å². The minimum atomic E-state index is -4.33. The molecule has 0 heterocycles. The Hall–Kier alpha value is -1.52. The van der Waals surface area contributed by atoms with E-state index in [9.17, 15) is 13.2 Å². The second-order valence-corrected chi connectivity index (χ2v) is 5.00. The van der Waals surface area contributed by atoms with E-state index in [4.69, 9.17) is 17.3 Å². The van der Waals surface area contributed by atoms with Gasteiger partial charge in [-0.1, -0.05) is 41.9 Å². The van der Waals surface area contributed by atoms with Crippen LogP contribution in [0.3, 0.4) is 0 Å². The molecule has 0 saturated carbocycles. The van der Waals surface area contributed by atoms with Crippen molar-refractivity contribution in [1.29, 1.82) is 0 Å². The summed E-state index contributed by atoms with van der Waals surface area (Å²) in [6, 6.07) is 11.8. The number of nitrogens with two attached hydrogens (primary N) is 1. The lowest BCUT2D eigenvalue weighted by atomic mass is 9.98. The quantitative estimate of drug-likeness (QED) is 0.880. The molecule has 0 aliphatic carbocycles. The predicted molar refractivity (Wildman–Crippen MR) is 73.5 cm³/mol. The Balaban J connectivity index is 2.15. The molecule has 2 rings (SSSR count). The van der Waals surface area contributed by atoms with Crippen LogP contribution in [0.25, 0.3) is 0 Å². The second-order valence-electron chi connectivity index (χ2n) is 4.56. The number of rotatable bonds is 3. The number of hydrogen-bond acceptors (Lipinski definition) is 1. The molecule has 0 aliphatic heterocycles. The largest absolute Gasteiger partial charge is 0.416 e. The van der Waals surface area contributed by atoms with Gasteiger partial charge in [0.15, 0.2) is 0 Å². The first-order valence-corrected chi connectivity index (χ1v) is 6.41. The highest BCUT2D eigenvalue weighted by atomic mass is 35.5. The van der Waals surface area contributed by atoms with Gasteiger partial charge in [-0.3, -0.25) is 0 Å². The van der Waals surface area contributed by atoms with Crippen molar-refractivity contribution in [2.24, 2.45) is 5.73 Å². The van der Waals surface area contributed by atoms with Crippen LogP contribution >= 0.6 is 11.6 Å². The van der Waals surface area contributed by atoms with Crippen LogP contribution in [0, 0.1) is 0 Å². The molecule has 2 N–H and O–H groups in total. The van der Waals surface area contributed by atoms with Crippen LogP contribution in [0.4, 0.5) is 13.2 Å². The van der Waals surface area contributed by atoms with Gasteiger partial charge in [0.05, 0.1) is 5.56 Å². The predicted octanol–water partition coefficient (Wildman–Crippen LogP) is 4.60. The number of halogens is 4. The first kappa shape index (κ1) is 14.9. The molecular formula is C15H13ClF3N. The number of alkyl halides is 3. The zero-order chi connectivity index (χ0) is 14.8. The molecule has 0 radical (unpaired) electrons. The summed E-state index contributed by atoms with van der Waals surface area (Å²) in [7, 11) is 0. The standard InChI is InChI=1S/C15H13ClF3N/c16-13-6-4-11(5-7-13)14(20)9-10-2-1-3-12(8-10)15(17,18)19/h1-8,14H,9,20H2. The summed E-state index contributed by atoms with van der Waals surface area (Å²) in [5, 5.41) is 0.597. The maximum atomic E-state index is 12.6. The Kier molecular flexibility index (Phi) is 4.35. The smallest absolute Gasteiger partial charge is 0.324 e. The van der Waals surface area contributed by atoms with Gasteiger partial charge in [-0.05, 0) is 35.7 Å². The van der Waals surface area contributed by atoms with Crippen molar-refractivity contribution < 1.29 is 13.2 Å². The lowest BCUT2D eigenvalue weighted by Gasteiger charge is -2.14. The summed E-state index contributed by atoms with van der Waals surface area (Å²) in [5.74, 6) is 0. The van der Waals surface area contributed by atoms with Crippen molar-refractivity contribution in [2.45, 2.75) is 18.6 Å². The highest BCUT2D eigenvalue weighted by molar-refractivity contribution is 6.30. The highest BCUT2D eigenvalue weighted by Gasteiger charge is 2.30. The molecule has 1 atom stereocenters. The molecule has 0 saturated heterocycles. The van der Waals surface area contributed by atoms with Gasteiger partial charge in [0, 0.05) is 11.1 Å². The highest BCUT2D eigenvalue weighted by Crippen LogP contribution is 2.30. The van der Waals surface area contributed by atoms with E-state index in [1.165, 1.54) is 6.07 Å². The Morgan fingerprint density at radius 3 is 2.30 bits per heavy atom. The van der Waals surface area contributed by atoms with E-state index in [0.29, 0.717) is 17.0 Å². The molecule has 106 valence electrons. The van der Waals surface area contributed by atoms with Gasteiger partial charge in [0.1, 0.15) is 0 Å².